The van der Waals surface area contributed by atoms with Crippen LogP contribution in [0, 0.1) is 18.5 Å². The molecule has 1 aromatic rings. The zero-order valence-electron chi connectivity index (χ0n) is 18.0. The number of carbonyl (C=O) groups is 1. The molecule has 0 saturated carbocycles. The summed E-state index contributed by atoms with van der Waals surface area (Å²) in [6.45, 7) is 12.6. The summed E-state index contributed by atoms with van der Waals surface area (Å²) in [6, 6.07) is 0. The molecule has 0 N–H and O–H groups in total. The van der Waals surface area contributed by atoms with Gasteiger partial charge in [0, 0.05) is 31.8 Å². The maximum atomic E-state index is 11.4. The van der Waals surface area contributed by atoms with E-state index in [1.54, 1.807) is 18.7 Å². The lowest BCUT2D eigenvalue weighted by molar-refractivity contribution is -0.143. The van der Waals surface area contributed by atoms with Crippen LogP contribution in [0.25, 0.3) is 0 Å². The Bertz CT molecular complexity index is 594. The highest BCUT2D eigenvalue weighted by Crippen LogP contribution is 2.03. The number of carbonyl (C=O) groups excluding carboxylic acids is 1. The molecular weight excluding hydrogens is 348 g/mol. The lowest BCUT2D eigenvalue weighted by Gasteiger charge is -2.09. The Morgan fingerprint density at radius 1 is 0.962 bits per heavy atom. The summed E-state index contributed by atoms with van der Waals surface area (Å²) in [4.78, 5) is 22.1. The van der Waals surface area contributed by atoms with E-state index in [0.29, 0.717) is 17.7 Å². The molecule has 1 rings (SSSR count). The summed E-state index contributed by atoms with van der Waals surface area (Å²) in [7, 11) is 3.44. The average Bonchev–Trinajstić information content (AvgIpc) is 2.64. The fourth-order valence-corrected chi connectivity index (χ4v) is 2.09. The second-order valence-corrected chi connectivity index (χ2v) is 6.56. The summed E-state index contributed by atoms with van der Waals surface area (Å²) < 4.78 is 8.46. The van der Waals surface area contributed by atoms with Gasteiger partial charge in [0.2, 0.25) is 0 Å². The van der Waals surface area contributed by atoms with E-state index in [0.717, 1.165) is 30.5 Å². The van der Waals surface area contributed by atoms with Crippen molar-refractivity contribution in [1.82, 2.24) is 9.13 Å². The van der Waals surface area contributed by atoms with E-state index in [1.165, 1.54) is 17.4 Å². The Labute approximate surface area is 164 Å². The lowest BCUT2D eigenvalue weighted by Crippen LogP contribution is -2.29. The number of rotatable bonds is 6. The molecule has 0 aliphatic carbocycles. The van der Waals surface area contributed by atoms with Crippen LogP contribution in [0.2, 0.25) is 0 Å². The van der Waals surface area contributed by atoms with Crippen molar-refractivity contribution in [2.75, 3.05) is 6.61 Å². The van der Waals surface area contributed by atoms with Crippen molar-refractivity contribution >= 4 is 18.2 Å². The first kappa shape index (κ1) is 26.8. The van der Waals surface area contributed by atoms with Crippen LogP contribution >= 0.6 is 12.2 Å². The fourth-order valence-electron chi connectivity index (χ4n) is 1.87. The molecule has 1 aromatic heterocycles. The van der Waals surface area contributed by atoms with Gasteiger partial charge in [0.1, 0.15) is 4.64 Å². The topological polar surface area (TPSA) is 53.2 Å². The molecule has 1 heterocycles. The van der Waals surface area contributed by atoms with Crippen molar-refractivity contribution in [2.45, 2.75) is 80.1 Å². The largest absolute Gasteiger partial charge is 0.466 e. The molecule has 0 radical (unpaired) electrons. The van der Waals surface area contributed by atoms with Gasteiger partial charge in [-0.3, -0.25) is 9.36 Å². The van der Waals surface area contributed by atoms with E-state index in [2.05, 4.69) is 20.8 Å². The molecule has 0 saturated heterocycles. The standard InChI is InChI=1S/C8H12N2OS.C8H16O2.C4H10/c1-5-6(2)9(3)8(11)10(4)7(5)12;1-3-5-6-7-8(9)10-4-2;1-3-4-2/h1-4H3;3-7H2,1-2H3;3-4H2,1-2H3. The van der Waals surface area contributed by atoms with Crippen LogP contribution in [-0.4, -0.2) is 21.7 Å². The van der Waals surface area contributed by atoms with Crippen LogP contribution in [0.3, 0.4) is 0 Å². The lowest BCUT2D eigenvalue weighted by atomic mass is 10.2. The van der Waals surface area contributed by atoms with Gasteiger partial charge in [0.05, 0.1) is 6.61 Å². The molecule has 6 heteroatoms. The van der Waals surface area contributed by atoms with Crippen molar-refractivity contribution in [2.24, 2.45) is 14.1 Å². The summed E-state index contributed by atoms with van der Waals surface area (Å²) in [5.74, 6) is -0.0593. The number of nitrogens with zero attached hydrogens (tertiary/aromatic N) is 2. The molecule has 0 amide bonds. The average molecular weight is 387 g/mol. The Morgan fingerprint density at radius 2 is 1.50 bits per heavy atom. The summed E-state index contributed by atoms with van der Waals surface area (Å²) in [5.41, 5.74) is 1.86. The third-order valence-corrected chi connectivity index (χ3v) is 4.61. The van der Waals surface area contributed by atoms with Crippen molar-refractivity contribution in [3.63, 3.8) is 0 Å². The van der Waals surface area contributed by atoms with Gasteiger partial charge in [0.25, 0.3) is 0 Å². The van der Waals surface area contributed by atoms with Crippen molar-refractivity contribution in [1.29, 1.82) is 0 Å². The Morgan fingerprint density at radius 3 is 1.92 bits per heavy atom. The first-order valence-electron chi connectivity index (χ1n) is 9.58. The minimum Gasteiger partial charge on any atom is -0.466 e. The quantitative estimate of drug-likeness (QED) is 0.392. The molecule has 0 atom stereocenters. The van der Waals surface area contributed by atoms with Crippen molar-refractivity contribution < 1.29 is 9.53 Å². The molecular formula is C20H38N2O3S. The van der Waals surface area contributed by atoms with Crippen LogP contribution in [0.15, 0.2) is 4.79 Å². The molecule has 0 aliphatic rings. The van der Waals surface area contributed by atoms with E-state index >= 15 is 0 Å². The van der Waals surface area contributed by atoms with E-state index in [9.17, 15) is 9.59 Å². The van der Waals surface area contributed by atoms with E-state index < -0.39 is 0 Å². The molecule has 26 heavy (non-hydrogen) atoms. The molecule has 5 nitrogen and oxygen atoms in total. The second-order valence-electron chi connectivity index (χ2n) is 6.18. The van der Waals surface area contributed by atoms with E-state index in [1.807, 2.05) is 20.8 Å². The van der Waals surface area contributed by atoms with Crippen LogP contribution in [0.4, 0.5) is 0 Å². The summed E-state index contributed by atoms with van der Waals surface area (Å²) in [5, 5.41) is 0. The van der Waals surface area contributed by atoms with Crippen molar-refractivity contribution in [3.8, 4) is 0 Å². The van der Waals surface area contributed by atoms with Gasteiger partial charge in [-0.2, -0.15) is 0 Å². The zero-order valence-corrected chi connectivity index (χ0v) is 18.8. The Kier molecular flexibility index (Phi) is 16.3. The minimum atomic E-state index is -0.0666. The highest BCUT2D eigenvalue weighted by molar-refractivity contribution is 7.71. The highest BCUT2D eigenvalue weighted by Gasteiger charge is 2.04. The van der Waals surface area contributed by atoms with Crippen LogP contribution < -0.4 is 5.69 Å². The van der Waals surface area contributed by atoms with Crippen molar-refractivity contribution in [3.05, 3.63) is 26.4 Å². The minimum absolute atomic E-state index is 0.0593. The monoisotopic (exact) mass is 386 g/mol. The Balaban J connectivity index is 0. The first-order valence-corrected chi connectivity index (χ1v) is 9.98. The van der Waals surface area contributed by atoms with Crippen LogP contribution in [0.5, 0.6) is 0 Å². The van der Waals surface area contributed by atoms with Gasteiger partial charge in [-0.15, -0.1) is 0 Å². The van der Waals surface area contributed by atoms with Gasteiger partial charge in [-0.25, -0.2) is 4.79 Å². The normalized spacial score (nSPS) is 9.54. The van der Waals surface area contributed by atoms with Gasteiger partial charge in [-0.05, 0) is 27.2 Å². The molecule has 0 bridgehead atoms. The second kappa shape index (κ2) is 15.8. The van der Waals surface area contributed by atoms with Gasteiger partial charge >= 0.3 is 11.7 Å². The van der Waals surface area contributed by atoms with Gasteiger partial charge in [-0.1, -0.05) is 58.7 Å². The number of unbranched alkanes of at least 4 members (excludes halogenated alkanes) is 3. The number of hydrogen-bond donors (Lipinski definition) is 0. The predicted molar refractivity (Wildman–Crippen MR) is 112 cm³/mol. The molecule has 0 spiro atoms. The van der Waals surface area contributed by atoms with Gasteiger partial charge < -0.3 is 9.30 Å². The maximum Gasteiger partial charge on any atom is 0.328 e. The highest BCUT2D eigenvalue weighted by atomic mass is 32.1. The van der Waals surface area contributed by atoms with E-state index in [4.69, 9.17) is 17.0 Å². The number of aromatic nitrogens is 2. The smallest absolute Gasteiger partial charge is 0.328 e. The summed E-state index contributed by atoms with van der Waals surface area (Å²) >= 11 is 5.08. The van der Waals surface area contributed by atoms with E-state index in [-0.39, 0.29) is 11.7 Å². The molecule has 0 aromatic carbocycles. The number of esters is 1. The van der Waals surface area contributed by atoms with Crippen LogP contribution in [0.1, 0.15) is 77.5 Å². The SMILES string of the molecule is CCCC.CCCCCC(=O)OCC.Cc1c(C)n(C)c(=O)n(C)c1=S. The molecule has 0 unspecified atom stereocenters. The predicted octanol–water partition coefficient (Wildman–Crippen LogP) is 5.01. The number of hydrogen-bond acceptors (Lipinski definition) is 4. The third kappa shape index (κ3) is 10.5. The zero-order chi connectivity index (χ0) is 20.7. The first-order chi connectivity index (χ1) is 12.2. The molecule has 152 valence electrons. The van der Waals surface area contributed by atoms with Gasteiger partial charge in [0.15, 0.2) is 0 Å². The number of ether oxygens (including phenoxy) is 1. The summed E-state index contributed by atoms with van der Waals surface area (Å²) in [6.07, 6.45) is 6.47. The maximum absolute atomic E-state index is 11.4. The molecule has 0 aliphatic heterocycles. The fraction of sp³-hybridized carbons (Fsp3) is 0.750. The van der Waals surface area contributed by atoms with Crippen LogP contribution in [-0.2, 0) is 23.6 Å². The molecule has 0 fully saturated rings. The third-order valence-electron chi connectivity index (χ3n) is 4.03. The Hall–Kier alpha value is -1.43.